The van der Waals surface area contributed by atoms with E-state index in [0.717, 1.165) is 0 Å². The molecule has 2 N–H and O–H groups in total. The van der Waals surface area contributed by atoms with Crippen molar-refractivity contribution in [1.29, 1.82) is 0 Å². The monoisotopic (exact) mass is 284 g/mol. The zero-order chi connectivity index (χ0) is 11.7. The second kappa shape index (κ2) is 4.13. The van der Waals surface area contributed by atoms with E-state index in [1.165, 1.54) is 0 Å². The quantitative estimate of drug-likeness (QED) is 0.885. The second-order valence-corrected chi connectivity index (χ2v) is 3.96. The molecule has 0 unspecified atom stereocenters. The summed E-state index contributed by atoms with van der Waals surface area (Å²) < 4.78 is 5.76. The summed E-state index contributed by atoms with van der Waals surface area (Å²) in [6.45, 7) is 1.77. The summed E-state index contributed by atoms with van der Waals surface area (Å²) in [5.74, 6) is 0.348. The molecule has 2 aromatic heterocycles. The van der Waals surface area contributed by atoms with Crippen molar-refractivity contribution in [2.24, 2.45) is 0 Å². The Hall–Kier alpha value is -1.56. The number of H-pyrrole nitrogens is 1. The van der Waals surface area contributed by atoms with Crippen molar-refractivity contribution in [3.05, 3.63) is 32.7 Å². The predicted octanol–water partition coefficient (Wildman–Crippen LogP) is 2.06. The van der Waals surface area contributed by atoms with Crippen molar-refractivity contribution >= 4 is 15.9 Å². The molecule has 0 radical (unpaired) electrons. The van der Waals surface area contributed by atoms with Gasteiger partial charge in [-0.25, -0.2) is 0 Å². The first kappa shape index (κ1) is 10.9. The summed E-state index contributed by atoms with van der Waals surface area (Å²) in [7, 11) is 0. The van der Waals surface area contributed by atoms with Crippen LogP contribution in [0.5, 0.6) is 5.88 Å². The molecule has 84 valence electrons. The predicted molar refractivity (Wildman–Crippen MR) is 61.3 cm³/mol. The molecular formula is C10H9BrN2O3. The van der Waals surface area contributed by atoms with Gasteiger partial charge in [0.05, 0.1) is 5.56 Å². The van der Waals surface area contributed by atoms with Gasteiger partial charge in [-0.05, 0) is 34.5 Å². The lowest BCUT2D eigenvalue weighted by molar-refractivity contribution is 0.442. The molecule has 0 amide bonds. The van der Waals surface area contributed by atoms with Gasteiger partial charge < -0.3 is 14.5 Å². The largest absolute Gasteiger partial charge is 0.493 e. The molecule has 0 bridgehead atoms. The first-order valence-corrected chi connectivity index (χ1v) is 5.49. The first-order valence-electron chi connectivity index (χ1n) is 4.69. The van der Waals surface area contributed by atoms with Gasteiger partial charge in [-0.3, -0.25) is 4.79 Å². The molecule has 2 rings (SSSR count). The Bertz CT molecular complexity index is 574. The molecule has 16 heavy (non-hydrogen) atoms. The van der Waals surface area contributed by atoms with Crippen molar-refractivity contribution in [3.8, 4) is 17.5 Å². The maximum Gasteiger partial charge on any atom is 0.258 e. The topological polar surface area (TPSA) is 79.1 Å². The van der Waals surface area contributed by atoms with Crippen LogP contribution in [0.3, 0.4) is 0 Å². The Morgan fingerprint density at radius 1 is 1.56 bits per heavy atom. The Balaban J connectivity index is 2.56. The number of nitrogens with one attached hydrogen (secondary N) is 1. The fraction of sp³-hybridized carbons (Fsp3) is 0.200. The number of hydrogen-bond donors (Lipinski definition) is 2. The van der Waals surface area contributed by atoms with Gasteiger partial charge in [0.2, 0.25) is 5.88 Å². The summed E-state index contributed by atoms with van der Waals surface area (Å²) in [5, 5.41) is 9.56. The average Bonchev–Trinajstić information content (AvgIpc) is 2.64. The van der Waals surface area contributed by atoms with E-state index in [4.69, 9.17) is 4.42 Å². The van der Waals surface area contributed by atoms with E-state index in [-0.39, 0.29) is 22.8 Å². The van der Waals surface area contributed by atoms with Crippen LogP contribution in [0.2, 0.25) is 0 Å². The van der Waals surface area contributed by atoms with Gasteiger partial charge in [0.15, 0.2) is 16.3 Å². The van der Waals surface area contributed by atoms with Gasteiger partial charge >= 0.3 is 0 Å². The van der Waals surface area contributed by atoms with Crippen molar-refractivity contribution in [3.63, 3.8) is 0 Å². The summed E-state index contributed by atoms with van der Waals surface area (Å²) in [4.78, 5) is 18.0. The summed E-state index contributed by atoms with van der Waals surface area (Å²) in [6, 6.07) is 3.33. The number of aromatic hydroxyl groups is 1. The first-order chi connectivity index (χ1) is 7.61. The van der Waals surface area contributed by atoms with Gasteiger partial charge in [-0.15, -0.1) is 0 Å². The Labute approximate surface area is 99.3 Å². The Morgan fingerprint density at radius 3 is 2.81 bits per heavy atom. The van der Waals surface area contributed by atoms with Gasteiger partial charge in [-0.1, -0.05) is 6.92 Å². The highest BCUT2D eigenvalue weighted by molar-refractivity contribution is 9.10. The lowest BCUT2D eigenvalue weighted by atomic mass is 10.2. The molecule has 0 atom stereocenters. The van der Waals surface area contributed by atoms with Gasteiger partial charge in [0, 0.05) is 0 Å². The van der Waals surface area contributed by atoms with E-state index < -0.39 is 0 Å². The third-order valence-electron chi connectivity index (χ3n) is 2.15. The van der Waals surface area contributed by atoms with Crippen LogP contribution in [0.4, 0.5) is 0 Å². The highest BCUT2D eigenvalue weighted by Crippen LogP contribution is 2.23. The minimum Gasteiger partial charge on any atom is -0.493 e. The molecule has 0 fully saturated rings. The second-order valence-electron chi connectivity index (χ2n) is 3.17. The van der Waals surface area contributed by atoms with Crippen molar-refractivity contribution < 1.29 is 9.52 Å². The van der Waals surface area contributed by atoms with Crippen molar-refractivity contribution in [2.45, 2.75) is 13.3 Å². The molecule has 2 aromatic rings. The average molecular weight is 285 g/mol. The Morgan fingerprint density at radius 2 is 2.31 bits per heavy atom. The SMILES string of the molecule is CCc1c(O)nc(-c2ccc(Br)o2)[nH]c1=O. The minimum atomic E-state index is -0.350. The van der Waals surface area contributed by atoms with Crippen LogP contribution in [-0.2, 0) is 6.42 Å². The summed E-state index contributed by atoms with van der Waals surface area (Å²) in [6.07, 6.45) is 0.427. The van der Waals surface area contributed by atoms with E-state index in [1.54, 1.807) is 19.1 Å². The number of rotatable bonds is 2. The van der Waals surface area contributed by atoms with Crippen LogP contribution in [0.1, 0.15) is 12.5 Å². The molecule has 0 aromatic carbocycles. The molecule has 6 heteroatoms. The van der Waals surface area contributed by atoms with Crippen LogP contribution < -0.4 is 5.56 Å². The van der Waals surface area contributed by atoms with Crippen LogP contribution in [0.25, 0.3) is 11.6 Å². The van der Waals surface area contributed by atoms with E-state index >= 15 is 0 Å². The molecule has 0 saturated carbocycles. The molecule has 5 nitrogen and oxygen atoms in total. The zero-order valence-electron chi connectivity index (χ0n) is 8.45. The smallest absolute Gasteiger partial charge is 0.258 e. The fourth-order valence-electron chi connectivity index (χ4n) is 1.36. The van der Waals surface area contributed by atoms with E-state index in [0.29, 0.717) is 16.9 Å². The van der Waals surface area contributed by atoms with Crippen LogP contribution in [0.15, 0.2) is 26.0 Å². The Kier molecular flexibility index (Phi) is 2.82. The van der Waals surface area contributed by atoms with E-state index in [1.807, 2.05) is 0 Å². The fourth-order valence-corrected chi connectivity index (χ4v) is 1.67. The van der Waals surface area contributed by atoms with Gasteiger partial charge in [0.25, 0.3) is 5.56 Å². The van der Waals surface area contributed by atoms with Gasteiger partial charge in [-0.2, -0.15) is 4.98 Å². The number of aromatic amines is 1. The van der Waals surface area contributed by atoms with Crippen LogP contribution in [0, 0.1) is 0 Å². The van der Waals surface area contributed by atoms with Crippen molar-refractivity contribution in [2.75, 3.05) is 0 Å². The zero-order valence-corrected chi connectivity index (χ0v) is 10.0. The minimum absolute atomic E-state index is 0.213. The number of hydrogen-bond acceptors (Lipinski definition) is 4. The number of nitrogens with zero attached hydrogens (tertiary/aromatic N) is 1. The normalized spacial score (nSPS) is 10.6. The lowest BCUT2D eigenvalue weighted by Crippen LogP contribution is -2.14. The highest BCUT2D eigenvalue weighted by atomic mass is 79.9. The van der Waals surface area contributed by atoms with Crippen LogP contribution in [-0.4, -0.2) is 15.1 Å². The van der Waals surface area contributed by atoms with Crippen LogP contribution >= 0.6 is 15.9 Å². The maximum absolute atomic E-state index is 11.6. The lowest BCUT2D eigenvalue weighted by Gasteiger charge is -2.01. The molecular weight excluding hydrogens is 276 g/mol. The standard InChI is InChI=1S/C10H9BrN2O3/c1-2-5-9(14)12-8(13-10(5)15)6-3-4-7(11)16-6/h3-4H,2H2,1H3,(H2,12,13,14,15). The number of aromatic nitrogens is 2. The number of furan rings is 1. The third-order valence-corrected chi connectivity index (χ3v) is 2.58. The molecule has 2 heterocycles. The number of halogens is 1. The maximum atomic E-state index is 11.6. The molecule has 0 spiro atoms. The molecule has 0 aliphatic rings. The molecule has 0 aliphatic carbocycles. The summed E-state index contributed by atoms with van der Waals surface area (Å²) >= 11 is 3.15. The summed E-state index contributed by atoms with van der Waals surface area (Å²) in [5.41, 5.74) is -0.0769. The highest BCUT2D eigenvalue weighted by Gasteiger charge is 2.12. The molecule has 0 aliphatic heterocycles. The van der Waals surface area contributed by atoms with Crippen molar-refractivity contribution in [1.82, 2.24) is 9.97 Å². The van der Waals surface area contributed by atoms with Gasteiger partial charge in [0.1, 0.15) is 0 Å². The van der Waals surface area contributed by atoms with E-state index in [2.05, 4.69) is 25.9 Å². The van der Waals surface area contributed by atoms with E-state index in [9.17, 15) is 9.90 Å². The third kappa shape index (κ3) is 1.88. The molecule has 0 saturated heterocycles.